The number of hydrogen-bond donors (Lipinski definition) is 2. The minimum absolute atomic E-state index is 0.619. The predicted octanol–water partition coefficient (Wildman–Crippen LogP) is 1.69. The van der Waals surface area contributed by atoms with E-state index in [0.717, 1.165) is 10.8 Å². The zero-order valence-corrected chi connectivity index (χ0v) is 12.2. The highest BCUT2D eigenvalue weighted by Gasteiger charge is 2.57. The van der Waals surface area contributed by atoms with Crippen LogP contribution in [0.1, 0.15) is 26.6 Å². The molecule has 2 N–H and O–H groups in total. The van der Waals surface area contributed by atoms with Crippen molar-refractivity contribution < 1.29 is 27.8 Å². The largest absolute Gasteiger partial charge is 0.444 e. The molecule has 0 aliphatic carbocycles. The Morgan fingerprint density at radius 3 is 2.38 bits per heavy atom. The van der Waals surface area contributed by atoms with Gasteiger partial charge in [0.15, 0.2) is 5.82 Å². The number of imidazole rings is 1. The number of aryl methyl sites for hydroxylation is 1. The first kappa shape index (κ1) is 17.3. The van der Waals surface area contributed by atoms with Gasteiger partial charge < -0.3 is 19.7 Å². The van der Waals surface area contributed by atoms with Crippen LogP contribution in [0.25, 0.3) is 0 Å². The lowest BCUT2D eigenvalue weighted by molar-refractivity contribution is -0.267. The fourth-order valence-electron chi connectivity index (χ4n) is 1.58. The van der Waals surface area contributed by atoms with E-state index in [0.29, 0.717) is 0 Å². The lowest BCUT2D eigenvalue weighted by atomic mass is 10.0. The molecule has 1 heterocycles. The van der Waals surface area contributed by atoms with Crippen molar-refractivity contribution in [1.82, 2.24) is 14.9 Å². The molecule has 6 nitrogen and oxygen atoms in total. The maximum atomic E-state index is 13.1. The van der Waals surface area contributed by atoms with E-state index in [4.69, 9.17) is 4.74 Å². The second kappa shape index (κ2) is 5.55. The summed E-state index contributed by atoms with van der Waals surface area (Å²) in [7, 11) is 1.31. The number of ether oxygens (including phenoxy) is 1. The molecule has 0 radical (unpaired) electrons. The topological polar surface area (TPSA) is 76.4 Å². The van der Waals surface area contributed by atoms with Crippen LogP contribution in [0.15, 0.2) is 12.4 Å². The van der Waals surface area contributed by atoms with Crippen molar-refractivity contribution >= 4 is 6.09 Å². The highest BCUT2D eigenvalue weighted by Crippen LogP contribution is 2.37. The number of carbonyl (C=O) groups is 1. The molecule has 21 heavy (non-hydrogen) atoms. The number of alkyl carbamates (subject to hydrolysis) is 1. The predicted molar refractivity (Wildman–Crippen MR) is 67.4 cm³/mol. The first-order chi connectivity index (χ1) is 9.37. The molecular formula is C12H18F3N3O3. The lowest BCUT2D eigenvalue weighted by Crippen LogP contribution is -2.53. The number of aliphatic hydroxyl groups is 1. The summed E-state index contributed by atoms with van der Waals surface area (Å²) in [6.07, 6.45) is -3.68. The summed E-state index contributed by atoms with van der Waals surface area (Å²) in [6, 6.07) is 0. The molecule has 0 saturated carbocycles. The van der Waals surface area contributed by atoms with Crippen molar-refractivity contribution in [3.8, 4) is 0 Å². The monoisotopic (exact) mass is 309 g/mol. The molecule has 0 aliphatic heterocycles. The van der Waals surface area contributed by atoms with Gasteiger partial charge in [-0.3, -0.25) is 0 Å². The number of nitrogens with one attached hydrogen (secondary N) is 1. The Bertz CT molecular complexity index is 508. The van der Waals surface area contributed by atoms with Crippen molar-refractivity contribution in [3.63, 3.8) is 0 Å². The standard InChI is InChI=1S/C12H18F3N3O3/c1-10(2,3)21-9(19)17-7-11(20,12(13,14)15)8-16-5-6-18(8)4/h5-6,20H,7H2,1-4H3,(H,17,19). The number of carbonyl (C=O) groups excluding carboxylic acids is 1. The zero-order chi connectivity index (χ0) is 16.5. The molecule has 1 aromatic rings. The second-order valence-corrected chi connectivity index (χ2v) is 5.58. The molecular weight excluding hydrogens is 291 g/mol. The van der Waals surface area contributed by atoms with Gasteiger partial charge in [0, 0.05) is 19.4 Å². The quantitative estimate of drug-likeness (QED) is 0.891. The molecule has 0 spiro atoms. The minimum atomic E-state index is -5.01. The van der Waals surface area contributed by atoms with Crippen molar-refractivity contribution in [3.05, 3.63) is 18.2 Å². The molecule has 0 aromatic carbocycles. The molecule has 0 aliphatic rings. The van der Waals surface area contributed by atoms with Crippen LogP contribution in [0, 0.1) is 0 Å². The number of alkyl halides is 3. The molecule has 9 heteroatoms. The third-order valence-electron chi connectivity index (χ3n) is 2.55. The number of hydrogen-bond acceptors (Lipinski definition) is 4. The highest BCUT2D eigenvalue weighted by molar-refractivity contribution is 5.67. The smallest absolute Gasteiger partial charge is 0.426 e. The molecule has 0 fully saturated rings. The van der Waals surface area contributed by atoms with Crippen LogP contribution in [-0.2, 0) is 17.4 Å². The van der Waals surface area contributed by atoms with E-state index in [1.54, 1.807) is 20.8 Å². The van der Waals surface area contributed by atoms with Crippen molar-refractivity contribution in [2.45, 2.75) is 38.1 Å². The summed E-state index contributed by atoms with van der Waals surface area (Å²) in [5, 5.41) is 11.9. The number of rotatable bonds is 3. The molecule has 1 amide bonds. The molecule has 120 valence electrons. The van der Waals surface area contributed by atoms with Gasteiger partial charge in [-0.05, 0) is 20.8 Å². The Kier molecular flexibility index (Phi) is 4.57. The number of aromatic nitrogens is 2. The summed E-state index contributed by atoms with van der Waals surface area (Å²) in [4.78, 5) is 15.0. The highest BCUT2D eigenvalue weighted by atomic mass is 19.4. The van der Waals surface area contributed by atoms with Gasteiger partial charge in [0.25, 0.3) is 0 Å². The number of halogens is 3. The van der Waals surface area contributed by atoms with E-state index in [-0.39, 0.29) is 0 Å². The average Bonchev–Trinajstić information content (AvgIpc) is 2.69. The van der Waals surface area contributed by atoms with Crippen LogP contribution in [0.2, 0.25) is 0 Å². The molecule has 0 saturated heterocycles. The van der Waals surface area contributed by atoms with Crippen LogP contribution in [0.5, 0.6) is 0 Å². The summed E-state index contributed by atoms with van der Waals surface area (Å²) in [5.74, 6) is -0.619. The molecule has 1 rings (SSSR count). The van der Waals surface area contributed by atoms with Crippen LogP contribution in [0.3, 0.4) is 0 Å². The van der Waals surface area contributed by atoms with E-state index in [2.05, 4.69) is 4.98 Å². The summed E-state index contributed by atoms with van der Waals surface area (Å²) < 4.78 is 45.3. The van der Waals surface area contributed by atoms with Gasteiger partial charge in [0.1, 0.15) is 5.60 Å². The maximum absolute atomic E-state index is 13.1. The van der Waals surface area contributed by atoms with Gasteiger partial charge in [-0.1, -0.05) is 0 Å². The van der Waals surface area contributed by atoms with Crippen LogP contribution in [-0.4, -0.2) is 39.1 Å². The first-order valence-corrected chi connectivity index (χ1v) is 6.10. The van der Waals surface area contributed by atoms with Gasteiger partial charge in [0.2, 0.25) is 5.60 Å². The van der Waals surface area contributed by atoms with E-state index in [9.17, 15) is 23.1 Å². The molecule has 0 bridgehead atoms. The fraction of sp³-hybridized carbons (Fsp3) is 0.667. The van der Waals surface area contributed by atoms with E-state index in [1.165, 1.54) is 13.2 Å². The van der Waals surface area contributed by atoms with E-state index >= 15 is 0 Å². The van der Waals surface area contributed by atoms with Crippen molar-refractivity contribution in [2.24, 2.45) is 7.05 Å². The van der Waals surface area contributed by atoms with Gasteiger partial charge >= 0.3 is 12.3 Å². The molecule has 1 unspecified atom stereocenters. The average molecular weight is 309 g/mol. The third-order valence-corrected chi connectivity index (χ3v) is 2.55. The third kappa shape index (κ3) is 4.10. The van der Waals surface area contributed by atoms with Crippen molar-refractivity contribution in [1.29, 1.82) is 0 Å². The summed E-state index contributed by atoms with van der Waals surface area (Å²) >= 11 is 0. The summed E-state index contributed by atoms with van der Waals surface area (Å²) in [6.45, 7) is 3.61. The maximum Gasteiger partial charge on any atom is 0.426 e. The Hall–Kier alpha value is -1.77. The van der Waals surface area contributed by atoms with Gasteiger partial charge in [0.05, 0.1) is 6.54 Å². The SMILES string of the molecule is Cn1ccnc1C(O)(CNC(=O)OC(C)(C)C)C(F)(F)F. The van der Waals surface area contributed by atoms with Gasteiger partial charge in [-0.15, -0.1) is 0 Å². The zero-order valence-electron chi connectivity index (χ0n) is 12.2. The van der Waals surface area contributed by atoms with Gasteiger partial charge in [-0.2, -0.15) is 13.2 Å². The van der Waals surface area contributed by atoms with Crippen LogP contribution in [0.4, 0.5) is 18.0 Å². The van der Waals surface area contributed by atoms with Crippen molar-refractivity contribution in [2.75, 3.05) is 6.54 Å². The fourth-order valence-corrected chi connectivity index (χ4v) is 1.58. The first-order valence-electron chi connectivity index (χ1n) is 6.10. The minimum Gasteiger partial charge on any atom is -0.444 e. The van der Waals surface area contributed by atoms with E-state index < -0.39 is 35.8 Å². The lowest BCUT2D eigenvalue weighted by Gasteiger charge is -2.30. The normalized spacial score (nSPS) is 15.4. The number of nitrogens with zero attached hydrogens (tertiary/aromatic N) is 2. The number of amides is 1. The van der Waals surface area contributed by atoms with Gasteiger partial charge in [-0.25, -0.2) is 9.78 Å². The second-order valence-electron chi connectivity index (χ2n) is 5.58. The molecule has 1 aromatic heterocycles. The van der Waals surface area contributed by atoms with Crippen LogP contribution >= 0.6 is 0 Å². The van der Waals surface area contributed by atoms with Crippen LogP contribution < -0.4 is 5.32 Å². The Labute approximate surface area is 119 Å². The Balaban J connectivity index is 2.92. The molecule has 1 atom stereocenters. The van der Waals surface area contributed by atoms with E-state index in [1.807, 2.05) is 5.32 Å². The summed E-state index contributed by atoms with van der Waals surface area (Å²) in [5.41, 5.74) is -4.16. The Morgan fingerprint density at radius 1 is 1.43 bits per heavy atom. The Morgan fingerprint density at radius 2 is 2.00 bits per heavy atom.